The molecule has 4 rings (SSSR count). The van der Waals surface area contributed by atoms with E-state index in [1.807, 2.05) is 24.3 Å². The van der Waals surface area contributed by atoms with E-state index >= 15 is 0 Å². The van der Waals surface area contributed by atoms with Crippen LogP contribution in [0.25, 0.3) is 11.3 Å². The summed E-state index contributed by atoms with van der Waals surface area (Å²) in [5, 5.41) is 4.03. The van der Waals surface area contributed by atoms with Crippen molar-refractivity contribution in [3.05, 3.63) is 65.2 Å². The largest absolute Gasteiger partial charge is 0.418 e. The standard InChI is InChI=1S/C23H24F3N5S/c1-15-5-3-6-16(2)21(15)22-17(23(24,25)26)9-10-18(28-22)30-32-20-8-4-7-19(29-20)31-13-11-27-12-14-31/h3-10,27H,11-14H2,1-2H3,(H,28,30). The minimum absolute atomic E-state index is 0.0683. The number of hydrogen-bond donors (Lipinski definition) is 2. The van der Waals surface area contributed by atoms with Gasteiger partial charge in [0.05, 0.1) is 11.3 Å². The quantitative estimate of drug-likeness (QED) is 0.505. The van der Waals surface area contributed by atoms with E-state index in [9.17, 15) is 13.2 Å². The topological polar surface area (TPSA) is 53.1 Å². The predicted molar refractivity (Wildman–Crippen MR) is 123 cm³/mol. The molecule has 32 heavy (non-hydrogen) atoms. The van der Waals surface area contributed by atoms with Crippen molar-refractivity contribution < 1.29 is 13.2 Å². The summed E-state index contributed by atoms with van der Waals surface area (Å²) in [6.07, 6.45) is -4.50. The Morgan fingerprint density at radius 2 is 1.62 bits per heavy atom. The second-order valence-corrected chi connectivity index (χ2v) is 8.46. The van der Waals surface area contributed by atoms with Crippen molar-refractivity contribution in [2.45, 2.75) is 25.0 Å². The summed E-state index contributed by atoms with van der Waals surface area (Å²) in [6, 6.07) is 13.6. The van der Waals surface area contributed by atoms with Crippen LogP contribution in [0.3, 0.4) is 0 Å². The zero-order valence-corrected chi connectivity index (χ0v) is 18.6. The van der Waals surface area contributed by atoms with E-state index in [0.717, 1.165) is 54.2 Å². The van der Waals surface area contributed by atoms with Crippen molar-refractivity contribution in [2.75, 3.05) is 35.8 Å². The average Bonchev–Trinajstić information content (AvgIpc) is 2.78. The number of alkyl halides is 3. The van der Waals surface area contributed by atoms with Crippen LogP contribution in [0.15, 0.2) is 53.6 Å². The molecule has 1 saturated heterocycles. The second kappa shape index (κ2) is 9.38. The molecular weight excluding hydrogens is 435 g/mol. The van der Waals surface area contributed by atoms with Crippen LogP contribution in [0.2, 0.25) is 0 Å². The van der Waals surface area contributed by atoms with Gasteiger partial charge in [0.1, 0.15) is 16.7 Å². The van der Waals surface area contributed by atoms with E-state index < -0.39 is 11.7 Å². The first-order valence-electron chi connectivity index (χ1n) is 10.3. The molecule has 168 valence electrons. The van der Waals surface area contributed by atoms with Crippen molar-refractivity contribution in [3.8, 4) is 11.3 Å². The predicted octanol–water partition coefficient (Wildman–Crippen LogP) is 5.31. The summed E-state index contributed by atoms with van der Waals surface area (Å²) in [6.45, 7) is 7.18. The molecule has 0 aliphatic carbocycles. The van der Waals surface area contributed by atoms with E-state index in [-0.39, 0.29) is 5.69 Å². The molecule has 1 aliphatic rings. The SMILES string of the molecule is Cc1cccc(C)c1-c1nc(NSc2cccc(N3CCNCC3)n2)ccc1C(F)(F)F. The van der Waals surface area contributed by atoms with Crippen LogP contribution < -0.4 is 14.9 Å². The molecule has 2 aromatic heterocycles. The van der Waals surface area contributed by atoms with Gasteiger partial charge in [-0.25, -0.2) is 9.97 Å². The monoisotopic (exact) mass is 459 g/mol. The smallest absolute Gasteiger partial charge is 0.354 e. The molecule has 0 amide bonds. The number of nitrogens with one attached hydrogen (secondary N) is 2. The molecule has 0 spiro atoms. The molecule has 3 heterocycles. The molecule has 1 fully saturated rings. The molecule has 5 nitrogen and oxygen atoms in total. The summed E-state index contributed by atoms with van der Waals surface area (Å²) >= 11 is 1.23. The first kappa shape index (κ1) is 22.4. The number of nitrogens with zero attached hydrogens (tertiary/aromatic N) is 3. The fraction of sp³-hybridized carbons (Fsp3) is 0.304. The lowest BCUT2D eigenvalue weighted by molar-refractivity contribution is -0.137. The lowest BCUT2D eigenvalue weighted by Crippen LogP contribution is -2.43. The van der Waals surface area contributed by atoms with Crippen LogP contribution in [0.4, 0.5) is 24.8 Å². The van der Waals surface area contributed by atoms with Gasteiger partial charge in [-0.3, -0.25) is 0 Å². The highest BCUT2D eigenvalue weighted by atomic mass is 32.2. The fourth-order valence-corrected chi connectivity index (χ4v) is 4.37. The summed E-state index contributed by atoms with van der Waals surface area (Å²) in [5.74, 6) is 1.23. The zero-order chi connectivity index (χ0) is 22.7. The third kappa shape index (κ3) is 4.99. The van der Waals surface area contributed by atoms with Gasteiger partial charge in [-0.2, -0.15) is 13.2 Å². The highest BCUT2D eigenvalue weighted by Gasteiger charge is 2.35. The van der Waals surface area contributed by atoms with Gasteiger partial charge in [0.2, 0.25) is 0 Å². The van der Waals surface area contributed by atoms with Crippen molar-refractivity contribution >= 4 is 23.6 Å². The maximum atomic E-state index is 13.7. The zero-order valence-electron chi connectivity index (χ0n) is 17.8. The van der Waals surface area contributed by atoms with E-state index in [0.29, 0.717) is 11.4 Å². The maximum Gasteiger partial charge on any atom is 0.418 e. The van der Waals surface area contributed by atoms with E-state index in [1.165, 1.54) is 18.0 Å². The lowest BCUT2D eigenvalue weighted by atomic mass is 9.96. The number of rotatable bonds is 5. The number of benzene rings is 1. The number of pyridine rings is 2. The Hall–Kier alpha value is -2.78. The second-order valence-electron chi connectivity index (χ2n) is 7.63. The van der Waals surface area contributed by atoms with Gasteiger partial charge < -0.3 is 14.9 Å². The Morgan fingerprint density at radius 3 is 2.31 bits per heavy atom. The summed E-state index contributed by atoms with van der Waals surface area (Å²) < 4.78 is 44.2. The highest BCUT2D eigenvalue weighted by Crippen LogP contribution is 2.39. The molecule has 9 heteroatoms. The Kier molecular flexibility index (Phi) is 6.57. The van der Waals surface area contributed by atoms with E-state index in [2.05, 4.69) is 24.9 Å². The summed E-state index contributed by atoms with van der Waals surface area (Å²) in [4.78, 5) is 11.2. The summed E-state index contributed by atoms with van der Waals surface area (Å²) in [7, 11) is 0. The molecule has 3 aromatic rings. The molecule has 2 N–H and O–H groups in total. The Balaban J connectivity index is 1.60. The van der Waals surface area contributed by atoms with Crippen LogP contribution in [-0.4, -0.2) is 36.1 Å². The molecule has 1 aliphatic heterocycles. The molecule has 0 bridgehead atoms. The van der Waals surface area contributed by atoms with Gasteiger partial charge in [0.15, 0.2) is 0 Å². The third-order valence-corrected chi connectivity index (χ3v) is 6.08. The van der Waals surface area contributed by atoms with Crippen LogP contribution in [0.1, 0.15) is 16.7 Å². The summed E-state index contributed by atoms with van der Waals surface area (Å²) in [5.41, 5.74) is 1.19. The van der Waals surface area contributed by atoms with Crippen molar-refractivity contribution in [1.29, 1.82) is 0 Å². The molecule has 1 aromatic carbocycles. The van der Waals surface area contributed by atoms with Crippen LogP contribution >= 0.6 is 11.9 Å². The van der Waals surface area contributed by atoms with Crippen LogP contribution in [-0.2, 0) is 6.18 Å². The average molecular weight is 460 g/mol. The Bertz CT molecular complexity index is 1080. The number of aromatic nitrogens is 2. The molecule has 0 saturated carbocycles. The van der Waals surface area contributed by atoms with E-state index in [1.54, 1.807) is 26.0 Å². The first-order valence-corrected chi connectivity index (χ1v) is 11.1. The lowest BCUT2D eigenvalue weighted by Gasteiger charge is -2.28. The van der Waals surface area contributed by atoms with E-state index in [4.69, 9.17) is 0 Å². The minimum atomic E-state index is -4.50. The van der Waals surface area contributed by atoms with Gasteiger partial charge in [-0.05, 0) is 49.2 Å². The molecule has 0 unspecified atom stereocenters. The number of halogens is 3. The number of aryl methyl sites for hydroxylation is 2. The number of piperazine rings is 1. The van der Waals surface area contributed by atoms with Gasteiger partial charge in [0.25, 0.3) is 0 Å². The van der Waals surface area contributed by atoms with Gasteiger partial charge in [-0.1, -0.05) is 24.3 Å². The van der Waals surface area contributed by atoms with Gasteiger partial charge >= 0.3 is 6.18 Å². The third-order valence-electron chi connectivity index (χ3n) is 5.33. The maximum absolute atomic E-state index is 13.7. The minimum Gasteiger partial charge on any atom is -0.354 e. The molecule has 0 atom stereocenters. The normalized spacial score (nSPS) is 14.5. The number of anilines is 2. The fourth-order valence-electron chi connectivity index (χ4n) is 3.76. The number of hydrogen-bond acceptors (Lipinski definition) is 6. The molecule has 0 radical (unpaired) electrons. The van der Waals surface area contributed by atoms with Crippen molar-refractivity contribution in [3.63, 3.8) is 0 Å². The van der Waals surface area contributed by atoms with Crippen molar-refractivity contribution in [2.24, 2.45) is 0 Å². The molecular formula is C23H24F3N5S. The van der Waals surface area contributed by atoms with Gasteiger partial charge in [0, 0.05) is 43.7 Å². The van der Waals surface area contributed by atoms with Gasteiger partial charge in [-0.15, -0.1) is 0 Å². The first-order chi connectivity index (χ1) is 15.3. The van der Waals surface area contributed by atoms with Crippen LogP contribution in [0.5, 0.6) is 0 Å². The van der Waals surface area contributed by atoms with Crippen LogP contribution in [0, 0.1) is 13.8 Å². The highest BCUT2D eigenvalue weighted by molar-refractivity contribution is 8.00. The van der Waals surface area contributed by atoms with Crippen molar-refractivity contribution in [1.82, 2.24) is 15.3 Å². The Labute approximate surface area is 189 Å². The Morgan fingerprint density at radius 1 is 0.938 bits per heavy atom.